The SMILES string of the molecule is CCCCC(NC(=O)CNC(=O)Nc1ccc(Oc2ccccc2)cc1)C(=O)OC. The van der Waals surface area contributed by atoms with Crippen LogP contribution in [-0.4, -0.2) is 37.6 Å². The zero-order valence-corrected chi connectivity index (χ0v) is 17.1. The highest BCUT2D eigenvalue weighted by Gasteiger charge is 2.20. The Labute approximate surface area is 175 Å². The van der Waals surface area contributed by atoms with Gasteiger partial charge in [0.2, 0.25) is 5.91 Å². The van der Waals surface area contributed by atoms with E-state index in [1.807, 2.05) is 37.3 Å². The van der Waals surface area contributed by atoms with Gasteiger partial charge in [0.25, 0.3) is 0 Å². The van der Waals surface area contributed by atoms with E-state index in [1.165, 1.54) is 7.11 Å². The van der Waals surface area contributed by atoms with Crippen molar-refractivity contribution in [3.8, 4) is 11.5 Å². The Morgan fingerprint density at radius 1 is 0.967 bits per heavy atom. The van der Waals surface area contributed by atoms with E-state index >= 15 is 0 Å². The van der Waals surface area contributed by atoms with Gasteiger partial charge in [0.15, 0.2) is 0 Å². The number of anilines is 1. The number of hydrogen-bond donors (Lipinski definition) is 3. The summed E-state index contributed by atoms with van der Waals surface area (Å²) in [5.74, 6) is 0.376. The van der Waals surface area contributed by atoms with E-state index in [9.17, 15) is 14.4 Å². The quantitative estimate of drug-likeness (QED) is 0.518. The minimum Gasteiger partial charge on any atom is -0.467 e. The van der Waals surface area contributed by atoms with Crippen LogP contribution in [0.25, 0.3) is 0 Å². The molecule has 8 nitrogen and oxygen atoms in total. The van der Waals surface area contributed by atoms with Gasteiger partial charge in [0, 0.05) is 5.69 Å². The molecule has 30 heavy (non-hydrogen) atoms. The summed E-state index contributed by atoms with van der Waals surface area (Å²) in [4.78, 5) is 35.8. The van der Waals surface area contributed by atoms with E-state index in [2.05, 4.69) is 16.0 Å². The molecule has 0 spiro atoms. The number of esters is 1. The van der Waals surface area contributed by atoms with E-state index < -0.39 is 23.9 Å². The van der Waals surface area contributed by atoms with E-state index in [0.717, 1.165) is 12.8 Å². The van der Waals surface area contributed by atoms with Crippen molar-refractivity contribution >= 4 is 23.6 Å². The summed E-state index contributed by atoms with van der Waals surface area (Å²) in [5.41, 5.74) is 0.545. The molecule has 0 saturated heterocycles. The van der Waals surface area contributed by atoms with Crippen LogP contribution in [0.2, 0.25) is 0 Å². The fourth-order valence-corrected chi connectivity index (χ4v) is 2.61. The third-order valence-corrected chi connectivity index (χ3v) is 4.17. The van der Waals surface area contributed by atoms with Crippen LogP contribution in [0.1, 0.15) is 26.2 Å². The highest BCUT2D eigenvalue weighted by atomic mass is 16.5. The molecule has 3 amide bonds. The van der Waals surface area contributed by atoms with Crippen molar-refractivity contribution in [2.24, 2.45) is 0 Å². The molecule has 2 rings (SSSR count). The number of urea groups is 1. The second-order valence-corrected chi connectivity index (χ2v) is 6.53. The monoisotopic (exact) mass is 413 g/mol. The lowest BCUT2D eigenvalue weighted by Gasteiger charge is -2.16. The van der Waals surface area contributed by atoms with Gasteiger partial charge in [-0.2, -0.15) is 0 Å². The average molecular weight is 413 g/mol. The molecule has 0 saturated carbocycles. The summed E-state index contributed by atoms with van der Waals surface area (Å²) < 4.78 is 10.4. The van der Waals surface area contributed by atoms with Crippen molar-refractivity contribution in [1.82, 2.24) is 10.6 Å². The van der Waals surface area contributed by atoms with Crippen molar-refractivity contribution in [1.29, 1.82) is 0 Å². The first-order valence-corrected chi connectivity index (χ1v) is 9.76. The number of carbonyl (C=O) groups is 3. The lowest BCUT2D eigenvalue weighted by atomic mass is 10.1. The summed E-state index contributed by atoms with van der Waals surface area (Å²) in [6.45, 7) is 1.73. The van der Waals surface area contributed by atoms with Gasteiger partial charge in [-0.25, -0.2) is 9.59 Å². The molecule has 8 heteroatoms. The summed E-state index contributed by atoms with van der Waals surface area (Å²) in [6, 6.07) is 14.9. The third-order valence-electron chi connectivity index (χ3n) is 4.17. The van der Waals surface area contributed by atoms with Crippen molar-refractivity contribution < 1.29 is 23.9 Å². The first kappa shape index (κ1) is 22.7. The number of para-hydroxylation sites is 1. The molecule has 160 valence electrons. The predicted octanol–water partition coefficient (Wildman–Crippen LogP) is 3.45. The molecule has 0 fully saturated rings. The van der Waals surface area contributed by atoms with Gasteiger partial charge in [0.1, 0.15) is 17.5 Å². The van der Waals surface area contributed by atoms with Crippen LogP contribution in [-0.2, 0) is 14.3 Å². The van der Waals surface area contributed by atoms with E-state index in [1.54, 1.807) is 24.3 Å². The fraction of sp³-hybridized carbons (Fsp3) is 0.318. The Balaban J connectivity index is 1.78. The van der Waals surface area contributed by atoms with Crippen LogP contribution in [0.4, 0.5) is 10.5 Å². The maximum Gasteiger partial charge on any atom is 0.328 e. The number of carbonyl (C=O) groups excluding carboxylic acids is 3. The number of hydrogen-bond acceptors (Lipinski definition) is 5. The van der Waals surface area contributed by atoms with Gasteiger partial charge in [-0.1, -0.05) is 38.0 Å². The second-order valence-electron chi connectivity index (χ2n) is 6.53. The molecule has 1 unspecified atom stereocenters. The summed E-state index contributed by atoms with van der Waals surface area (Å²) in [7, 11) is 1.27. The Morgan fingerprint density at radius 3 is 2.27 bits per heavy atom. The molecule has 2 aromatic rings. The lowest BCUT2D eigenvalue weighted by Crippen LogP contribution is -2.46. The molecule has 0 aliphatic carbocycles. The first-order chi connectivity index (χ1) is 14.5. The van der Waals surface area contributed by atoms with Crippen LogP contribution in [0, 0.1) is 0 Å². The summed E-state index contributed by atoms with van der Waals surface area (Å²) in [6.07, 6.45) is 2.15. The molecule has 0 radical (unpaired) electrons. The number of rotatable bonds is 10. The highest BCUT2D eigenvalue weighted by molar-refractivity contribution is 5.93. The number of benzene rings is 2. The highest BCUT2D eigenvalue weighted by Crippen LogP contribution is 2.22. The van der Waals surface area contributed by atoms with Crippen LogP contribution in [0.15, 0.2) is 54.6 Å². The van der Waals surface area contributed by atoms with Gasteiger partial charge in [-0.3, -0.25) is 4.79 Å². The Hall–Kier alpha value is -3.55. The van der Waals surface area contributed by atoms with Crippen molar-refractivity contribution in [2.75, 3.05) is 19.0 Å². The van der Waals surface area contributed by atoms with E-state index in [-0.39, 0.29) is 6.54 Å². The predicted molar refractivity (Wildman–Crippen MR) is 113 cm³/mol. The molecule has 1 atom stereocenters. The zero-order chi connectivity index (χ0) is 21.8. The summed E-state index contributed by atoms with van der Waals surface area (Å²) >= 11 is 0. The average Bonchev–Trinajstić information content (AvgIpc) is 2.76. The van der Waals surface area contributed by atoms with E-state index in [0.29, 0.717) is 23.6 Å². The molecule has 0 aliphatic heterocycles. The third kappa shape index (κ3) is 7.83. The van der Waals surface area contributed by atoms with Crippen molar-refractivity contribution in [3.05, 3.63) is 54.6 Å². The van der Waals surface area contributed by atoms with Gasteiger partial charge in [-0.05, 0) is 42.8 Å². The molecular formula is C22H27N3O5. The second kappa shape index (κ2) is 12.1. The standard InChI is InChI=1S/C22H27N3O5/c1-3-4-10-19(21(27)29-2)25-20(26)15-23-22(28)24-16-11-13-18(14-12-16)30-17-8-6-5-7-9-17/h5-9,11-14,19H,3-4,10,15H2,1-2H3,(H,25,26)(H2,23,24,28). The van der Waals surface area contributed by atoms with E-state index in [4.69, 9.17) is 9.47 Å². The molecule has 0 aliphatic rings. The first-order valence-electron chi connectivity index (χ1n) is 9.76. The van der Waals surface area contributed by atoms with Gasteiger partial charge >= 0.3 is 12.0 Å². The minimum absolute atomic E-state index is 0.263. The van der Waals surface area contributed by atoms with Gasteiger partial charge < -0.3 is 25.4 Å². The smallest absolute Gasteiger partial charge is 0.328 e. The van der Waals surface area contributed by atoms with Crippen LogP contribution in [0.3, 0.4) is 0 Å². The molecule has 0 heterocycles. The molecular weight excluding hydrogens is 386 g/mol. The van der Waals surface area contributed by atoms with Crippen molar-refractivity contribution in [3.63, 3.8) is 0 Å². The number of amides is 3. The summed E-state index contributed by atoms with van der Waals surface area (Å²) in [5, 5.41) is 7.67. The van der Waals surface area contributed by atoms with Gasteiger partial charge in [-0.15, -0.1) is 0 Å². The molecule has 3 N–H and O–H groups in total. The normalized spacial score (nSPS) is 11.1. The zero-order valence-electron chi connectivity index (χ0n) is 17.1. The largest absolute Gasteiger partial charge is 0.467 e. The van der Waals surface area contributed by atoms with Crippen LogP contribution < -0.4 is 20.7 Å². The van der Waals surface area contributed by atoms with Crippen LogP contribution >= 0.6 is 0 Å². The lowest BCUT2D eigenvalue weighted by molar-refractivity contribution is -0.145. The number of ether oxygens (including phenoxy) is 2. The topological polar surface area (TPSA) is 106 Å². The Bertz CT molecular complexity index is 824. The Kier molecular flexibility index (Phi) is 9.18. The number of methoxy groups -OCH3 is 1. The Morgan fingerprint density at radius 2 is 1.63 bits per heavy atom. The molecule has 2 aromatic carbocycles. The maximum absolute atomic E-state index is 12.0. The fourth-order valence-electron chi connectivity index (χ4n) is 2.61. The maximum atomic E-state index is 12.0. The van der Waals surface area contributed by atoms with Crippen molar-refractivity contribution in [2.45, 2.75) is 32.2 Å². The molecule has 0 bridgehead atoms. The number of unbranched alkanes of at least 4 members (excludes halogenated alkanes) is 1. The van der Waals surface area contributed by atoms with Gasteiger partial charge in [0.05, 0.1) is 13.7 Å². The number of nitrogens with one attached hydrogen (secondary N) is 3. The minimum atomic E-state index is -0.718. The van der Waals surface area contributed by atoms with Crippen LogP contribution in [0.5, 0.6) is 11.5 Å². The molecule has 0 aromatic heterocycles.